The van der Waals surface area contributed by atoms with Crippen molar-refractivity contribution in [3.8, 4) is 0 Å². The van der Waals surface area contributed by atoms with E-state index in [9.17, 15) is 0 Å². The summed E-state index contributed by atoms with van der Waals surface area (Å²) >= 11 is 1.44. The van der Waals surface area contributed by atoms with Crippen LogP contribution in [0, 0.1) is 0 Å². The Kier molecular flexibility index (Phi) is 2.21. The maximum Gasteiger partial charge on any atom is 0.499 e. The predicted molar refractivity (Wildman–Crippen MR) is 50.7 cm³/mol. The van der Waals surface area contributed by atoms with E-state index in [2.05, 4.69) is 0 Å². The molecule has 1 fully saturated rings. The fraction of sp³-hybridized carbons (Fsp3) is 0.500. The zero-order valence-electron chi connectivity index (χ0n) is 6.73. The molecule has 0 amide bonds. The maximum atomic E-state index is 9.03. The van der Waals surface area contributed by atoms with Gasteiger partial charge in [-0.1, -0.05) is 6.42 Å². The van der Waals surface area contributed by atoms with Crippen molar-refractivity contribution in [1.82, 2.24) is 0 Å². The Balaban J connectivity index is 2.23. The van der Waals surface area contributed by atoms with Crippen molar-refractivity contribution < 1.29 is 10.0 Å². The standard InChI is InChI=1S/C8H11BO2S/c10-9(11)8-7(4-5-12-8)6-2-1-3-6/h4-6,10-11H,1-3H2. The molecule has 0 bridgehead atoms. The van der Waals surface area contributed by atoms with Crippen molar-refractivity contribution in [3.05, 3.63) is 17.0 Å². The third-order valence-electron chi connectivity index (χ3n) is 2.51. The van der Waals surface area contributed by atoms with Gasteiger partial charge in [0.1, 0.15) is 0 Å². The van der Waals surface area contributed by atoms with Crippen molar-refractivity contribution in [2.24, 2.45) is 0 Å². The van der Waals surface area contributed by atoms with E-state index >= 15 is 0 Å². The first-order valence-corrected chi connectivity index (χ1v) is 5.10. The Morgan fingerprint density at radius 1 is 1.42 bits per heavy atom. The van der Waals surface area contributed by atoms with E-state index in [1.807, 2.05) is 11.4 Å². The molecule has 1 aromatic heterocycles. The highest BCUT2D eigenvalue weighted by Gasteiger charge is 2.26. The van der Waals surface area contributed by atoms with Gasteiger partial charge in [-0.05, 0) is 35.8 Å². The van der Waals surface area contributed by atoms with Gasteiger partial charge in [0.2, 0.25) is 0 Å². The van der Waals surface area contributed by atoms with E-state index in [-0.39, 0.29) is 0 Å². The number of thiophene rings is 1. The van der Waals surface area contributed by atoms with E-state index in [1.54, 1.807) is 0 Å². The third-order valence-corrected chi connectivity index (χ3v) is 3.48. The van der Waals surface area contributed by atoms with Crippen LogP contribution in [0.2, 0.25) is 0 Å². The summed E-state index contributed by atoms with van der Waals surface area (Å²) in [5.41, 5.74) is 1.15. The van der Waals surface area contributed by atoms with Gasteiger partial charge in [0, 0.05) is 4.78 Å². The molecule has 1 aliphatic rings. The minimum atomic E-state index is -1.28. The summed E-state index contributed by atoms with van der Waals surface area (Å²) in [6.45, 7) is 0. The molecule has 0 radical (unpaired) electrons. The predicted octanol–water partition coefficient (Wildman–Crippen LogP) is 0.695. The lowest BCUT2D eigenvalue weighted by Crippen LogP contribution is -2.31. The molecule has 0 saturated heterocycles. The van der Waals surface area contributed by atoms with E-state index in [4.69, 9.17) is 10.0 Å². The average molecular weight is 182 g/mol. The third kappa shape index (κ3) is 1.30. The topological polar surface area (TPSA) is 40.5 Å². The van der Waals surface area contributed by atoms with Crippen LogP contribution in [0.3, 0.4) is 0 Å². The highest BCUT2D eigenvalue weighted by atomic mass is 32.1. The van der Waals surface area contributed by atoms with Crippen molar-refractivity contribution >= 4 is 23.2 Å². The van der Waals surface area contributed by atoms with Gasteiger partial charge in [-0.2, -0.15) is 11.3 Å². The van der Waals surface area contributed by atoms with E-state index < -0.39 is 7.12 Å². The maximum absolute atomic E-state index is 9.03. The second-order valence-electron chi connectivity index (χ2n) is 3.24. The van der Waals surface area contributed by atoms with Crippen LogP contribution in [0.1, 0.15) is 30.7 Å². The Morgan fingerprint density at radius 2 is 2.17 bits per heavy atom. The molecule has 1 heterocycles. The van der Waals surface area contributed by atoms with Crippen LogP contribution in [-0.4, -0.2) is 17.2 Å². The molecule has 12 heavy (non-hydrogen) atoms. The largest absolute Gasteiger partial charge is 0.499 e. The fourth-order valence-electron chi connectivity index (χ4n) is 1.60. The summed E-state index contributed by atoms with van der Waals surface area (Å²) < 4.78 is 0.736. The van der Waals surface area contributed by atoms with Gasteiger partial charge in [0.15, 0.2) is 0 Å². The number of hydrogen-bond donors (Lipinski definition) is 2. The SMILES string of the molecule is OB(O)c1sccc1C1CCC1. The lowest BCUT2D eigenvalue weighted by molar-refractivity contribution is 0.412. The lowest BCUT2D eigenvalue weighted by Gasteiger charge is -2.25. The molecular weight excluding hydrogens is 171 g/mol. The normalized spacial score (nSPS) is 17.5. The monoisotopic (exact) mass is 182 g/mol. The Bertz CT molecular complexity index is 268. The summed E-state index contributed by atoms with van der Waals surface area (Å²) in [4.78, 5) is 0. The lowest BCUT2D eigenvalue weighted by atomic mass is 9.74. The van der Waals surface area contributed by atoms with Crippen LogP contribution < -0.4 is 4.78 Å². The molecule has 4 heteroatoms. The second kappa shape index (κ2) is 3.20. The molecule has 0 unspecified atom stereocenters. The summed E-state index contributed by atoms with van der Waals surface area (Å²) in [5, 5.41) is 20.0. The minimum Gasteiger partial charge on any atom is -0.423 e. The molecule has 0 spiro atoms. The van der Waals surface area contributed by atoms with E-state index in [0.29, 0.717) is 5.92 Å². The number of rotatable bonds is 2. The first-order chi connectivity index (χ1) is 5.79. The molecule has 1 aromatic rings. The summed E-state index contributed by atoms with van der Waals surface area (Å²) in [5.74, 6) is 0.591. The quantitative estimate of drug-likeness (QED) is 0.660. The van der Waals surface area contributed by atoms with Crippen LogP contribution in [-0.2, 0) is 0 Å². The van der Waals surface area contributed by atoms with E-state index in [0.717, 1.165) is 10.3 Å². The van der Waals surface area contributed by atoms with Gasteiger partial charge in [-0.25, -0.2) is 0 Å². The van der Waals surface area contributed by atoms with Gasteiger partial charge in [0.25, 0.3) is 0 Å². The summed E-state index contributed by atoms with van der Waals surface area (Å²) in [6, 6.07) is 2.02. The van der Waals surface area contributed by atoms with Gasteiger partial charge in [0.05, 0.1) is 0 Å². The molecule has 2 N–H and O–H groups in total. The van der Waals surface area contributed by atoms with Gasteiger partial charge in [-0.15, -0.1) is 0 Å². The van der Waals surface area contributed by atoms with Crippen LogP contribution in [0.5, 0.6) is 0 Å². The molecule has 0 aliphatic heterocycles. The minimum absolute atomic E-state index is 0.591. The Morgan fingerprint density at radius 3 is 2.67 bits per heavy atom. The van der Waals surface area contributed by atoms with Crippen molar-refractivity contribution in [1.29, 1.82) is 0 Å². The average Bonchev–Trinajstić information content (AvgIpc) is 2.31. The highest BCUT2D eigenvalue weighted by molar-refractivity contribution is 7.20. The molecule has 1 saturated carbocycles. The first kappa shape index (κ1) is 8.29. The fourth-order valence-corrected chi connectivity index (χ4v) is 2.45. The van der Waals surface area contributed by atoms with Crippen LogP contribution in [0.25, 0.3) is 0 Å². The zero-order chi connectivity index (χ0) is 8.55. The van der Waals surface area contributed by atoms with Crippen molar-refractivity contribution in [3.63, 3.8) is 0 Å². The molecule has 1 aliphatic carbocycles. The highest BCUT2D eigenvalue weighted by Crippen LogP contribution is 2.36. The summed E-state index contributed by atoms with van der Waals surface area (Å²) in [7, 11) is -1.28. The van der Waals surface area contributed by atoms with Crippen LogP contribution >= 0.6 is 11.3 Å². The van der Waals surface area contributed by atoms with Gasteiger partial charge < -0.3 is 10.0 Å². The molecular formula is C8H11BO2S. The van der Waals surface area contributed by atoms with Gasteiger partial charge >= 0.3 is 7.12 Å². The van der Waals surface area contributed by atoms with E-state index in [1.165, 1.54) is 30.6 Å². The van der Waals surface area contributed by atoms with Crippen LogP contribution in [0.15, 0.2) is 11.4 Å². The number of hydrogen-bond acceptors (Lipinski definition) is 3. The molecule has 0 aromatic carbocycles. The zero-order valence-corrected chi connectivity index (χ0v) is 7.55. The smallest absolute Gasteiger partial charge is 0.423 e. The van der Waals surface area contributed by atoms with Crippen LogP contribution in [0.4, 0.5) is 0 Å². The van der Waals surface area contributed by atoms with Gasteiger partial charge in [-0.3, -0.25) is 0 Å². The molecule has 2 nitrogen and oxygen atoms in total. The molecule has 2 rings (SSSR count). The molecule has 64 valence electrons. The Labute approximate surface area is 76.0 Å². The Hall–Kier alpha value is -0.315. The molecule has 0 atom stereocenters. The van der Waals surface area contributed by atoms with Crippen molar-refractivity contribution in [2.45, 2.75) is 25.2 Å². The second-order valence-corrected chi connectivity index (χ2v) is 4.19. The summed E-state index contributed by atoms with van der Waals surface area (Å²) in [6.07, 6.45) is 3.69. The first-order valence-electron chi connectivity index (χ1n) is 4.22. The van der Waals surface area contributed by atoms with Crippen molar-refractivity contribution in [2.75, 3.05) is 0 Å².